The molecule has 0 radical (unpaired) electrons. The molecule has 0 saturated heterocycles. The van der Waals surface area contributed by atoms with Gasteiger partial charge in [-0.3, -0.25) is 4.98 Å². The Hall–Kier alpha value is -3.00. The number of ether oxygens (including phenoxy) is 3. The summed E-state index contributed by atoms with van der Waals surface area (Å²) < 4.78 is 45.4. The van der Waals surface area contributed by atoms with Crippen molar-refractivity contribution in [2.75, 3.05) is 21.3 Å². The number of fused-ring (bicyclic) bond motifs is 1. The number of hydrogen-bond acceptors (Lipinski definition) is 6. The number of rotatable bonds is 6. The maximum absolute atomic E-state index is 13.0. The highest BCUT2D eigenvalue weighted by atomic mass is 32.2. The van der Waals surface area contributed by atoms with E-state index >= 15 is 0 Å². The third kappa shape index (κ3) is 3.23. The number of nitrogens with zero attached hydrogens (tertiary/aromatic N) is 2. The Morgan fingerprint density at radius 3 is 2.35 bits per heavy atom. The molecular weight excluding hydrogens is 356 g/mol. The molecule has 0 aliphatic rings. The summed E-state index contributed by atoms with van der Waals surface area (Å²) in [6, 6.07) is 11.1. The zero-order chi connectivity index (χ0) is 18.7. The van der Waals surface area contributed by atoms with Crippen molar-refractivity contribution in [3.8, 4) is 17.2 Å². The van der Waals surface area contributed by atoms with E-state index in [0.29, 0.717) is 28.2 Å². The van der Waals surface area contributed by atoms with Gasteiger partial charge >= 0.3 is 0 Å². The standard InChI is InChI=1S/C18H17N2O5S/c1-23-12-6-7-15(24-2)14(11-12)20-26(21,22)17-9-8-16(25-3)18-13(17)5-4-10-19-18/h4-11H,1-3H3/q-1. The lowest BCUT2D eigenvalue weighted by molar-refractivity contribution is 0.405. The Bertz CT molecular complexity index is 1050. The molecule has 26 heavy (non-hydrogen) atoms. The van der Waals surface area contributed by atoms with Crippen LogP contribution in [-0.4, -0.2) is 34.7 Å². The second-order valence-electron chi connectivity index (χ2n) is 5.27. The minimum absolute atomic E-state index is 0.0336. The third-order valence-electron chi connectivity index (χ3n) is 3.80. The lowest BCUT2D eigenvalue weighted by Crippen LogP contribution is -2.01. The average molecular weight is 373 g/mol. The molecule has 3 rings (SSSR count). The molecule has 0 amide bonds. The molecule has 8 heteroatoms. The Kier molecular flexibility index (Phi) is 4.85. The SMILES string of the molecule is COc1ccc(OC)c([N-]S(=O)(=O)c2ccc(OC)c3ncccc23)c1. The molecule has 1 heterocycles. The van der Waals surface area contributed by atoms with Gasteiger partial charge in [0.05, 0.1) is 26.2 Å². The van der Waals surface area contributed by atoms with Crippen molar-refractivity contribution in [3.63, 3.8) is 0 Å². The molecule has 0 N–H and O–H groups in total. The molecule has 3 aromatic rings. The zero-order valence-corrected chi connectivity index (χ0v) is 15.3. The van der Waals surface area contributed by atoms with Crippen LogP contribution in [0.1, 0.15) is 0 Å². The van der Waals surface area contributed by atoms with Gasteiger partial charge in [0, 0.05) is 11.6 Å². The molecular formula is C18H17N2O5S-. The van der Waals surface area contributed by atoms with Crippen LogP contribution in [0.4, 0.5) is 5.69 Å². The summed E-state index contributed by atoms with van der Waals surface area (Å²) in [5, 5.41) is 0.428. The number of benzene rings is 2. The Balaban J connectivity index is 2.12. The van der Waals surface area contributed by atoms with Gasteiger partial charge in [-0.15, -0.1) is 0 Å². The van der Waals surface area contributed by atoms with Crippen LogP contribution >= 0.6 is 0 Å². The summed E-state index contributed by atoms with van der Waals surface area (Å²) in [7, 11) is 0.408. The second kappa shape index (κ2) is 7.09. The molecule has 0 saturated carbocycles. The summed E-state index contributed by atoms with van der Waals surface area (Å²) in [6.45, 7) is 0. The van der Waals surface area contributed by atoms with Crippen molar-refractivity contribution >= 4 is 26.6 Å². The van der Waals surface area contributed by atoms with Crippen LogP contribution in [-0.2, 0) is 10.0 Å². The van der Waals surface area contributed by atoms with Crippen molar-refractivity contribution in [2.45, 2.75) is 4.90 Å². The fraction of sp³-hybridized carbons (Fsp3) is 0.167. The average Bonchev–Trinajstić information content (AvgIpc) is 2.66. The van der Waals surface area contributed by atoms with Gasteiger partial charge in [0.2, 0.25) is 0 Å². The quantitative estimate of drug-likeness (QED) is 0.655. The van der Waals surface area contributed by atoms with E-state index in [-0.39, 0.29) is 10.6 Å². The summed E-state index contributed by atoms with van der Waals surface area (Å²) in [5.41, 5.74) is 0.601. The molecule has 0 spiro atoms. The topological polar surface area (TPSA) is 88.8 Å². The molecule has 0 fully saturated rings. The van der Waals surface area contributed by atoms with Crippen LogP contribution in [0.25, 0.3) is 15.6 Å². The normalized spacial score (nSPS) is 11.2. The van der Waals surface area contributed by atoms with Crippen molar-refractivity contribution in [1.29, 1.82) is 0 Å². The van der Waals surface area contributed by atoms with E-state index in [2.05, 4.69) is 9.71 Å². The molecule has 0 atom stereocenters. The van der Waals surface area contributed by atoms with E-state index in [4.69, 9.17) is 14.2 Å². The highest BCUT2D eigenvalue weighted by Crippen LogP contribution is 2.40. The number of aromatic nitrogens is 1. The summed E-state index contributed by atoms with van der Waals surface area (Å²) in [5.74, 6) is 1.28. The van der Waals surface area contributed by atoms with Crippen molar-refractivity contribution < 1.29 is 22.6 Å². The van der Waals surface area contributed by atoms with Crippen LogP contribution in [0.15, 0.2) is 53.6 Å². The van der Waals surface area contributed by atoms with Gasteiger partial charge in [0.25, 0.3) is 0 Å². The Morgan fingerprint density at radius 2 is 1.65 bits per heavy atom. The molecule has 1 aromatic heterocycles. The van der Waals surface area contributed by atoms with E-state index in [1.54, 1.807) is 36.5 Å². The van der Waals surface area contributed by atoms with Gasteiger partial charge in [-0.2, -0.15) is 0 Å². The second-order valence-corrected chi connectivity index (χ2v) is 6.84. The number of pyridine rings is 1. The smallest absolute Gasteiger partial charge is 0.145 e. The maximum Gasteiger partial charge on any atom is 0.145 e. The molecule has 136 valence electrons. The first-order valence-electron chi connectivity index (χ1n) is 7.62. The first-order chi connectivity index (χ1) is 12.5. The maximum atomic E-state index is 13.0. The molecule has 0 bridgehead atoms. The predicted octanol–water partition coefficient (Wildman–Crippen LogP) is 3.65. The first kappa shape index (κ1) is 17.8. The van der Waals surface area contributed by atoms with Crippen LogP contribution in [0, 0.1) is 0 Å². The Morgan fingerprint density at radius 1 is 0.923 bits per heavy atom. The number of sulfonamides is 1. The number of methoxy groups -OCH3 is 3. The fourth-order valence-corrected chi connectivity index (χ4v) is 3.74. The summed E-state index contributed by atoms with van der Waals surface area (Å²) >= 11 is 0. The van der Waals surface area contributed by atoms with Gasteiger partial charge in [-0.05, 0) is 42.5 Å². The highest BCUT2D eigenvalue weighted by molar-refractivity contribution is 7.94. The molecule has 0 aliphatic carbocycles. The van der Waals surface area contributed by atoms with Crippen LogP contribution in [0.3, 0.4) is 0 Å². The molecule has 0 unspecified atom stereocenters. The van der Waals surface area contributed by atoms with Gasteiger partial charge in [-0.1, -0.05) is 5.69 Å². The minimum Gasteiger partial charge on any atom is -0.570 e. The van der Waals surface area contributed by atoms with Gasteiger partial charge in [0.1, 0.15) is 32.8 Å². The predicted molar refractivity (Wildman–Crippen MR) is 98.0 cm³/mol. The van der Waals surface area contributed by atoms with Crippen LogP contribution < -0.4 is 14.2 Å². The van der Waals surface area contributed by atoms with Crippen LogP contribution in [0.2, 0.25) is 0 Å². The molecule has 0 aliphatic heterocycles. The van der Waals surface area contributed by atoms with E-state index in [0.717, 1.165) is 0 Å². The van der Waals surface area contributed by atoms with Crippen molar-refractivity contribution in [1.82, 2.24) is 4.98 Å². The Labute approximate surface area is 151 Å². The monoisotopic (exact) mass is 373 g/mol. The largest absolute Gasteiger partial charge is 0.570 e. The first-order valence-corrected chi connectivity index (χ1v) is 9.06. The highest BCUT2D eigenvalue weighted by Gasteiger charge is 2.14. The van der Waals surface area contributed by atoms with Crippen LogP contribution in [0.5, 0.6) is 17.2 Å². The van der Waals surface area contributed by atoms with E-state index in [1.165, 1.54) is 33.5 Å². The number of hydrogen-bond donors (Lipinski definition) is 0. The summed E-state index contributed by atoms with van der Waals surface area (Å²) in [4.78, 5) is 4.25. The zero-order valence-electron chi connectivity index (χ0n) is 14.5. The van der Waals surface area contributed by atoms with E-state index in [1.807, 2.05) is 0 Å². The molecule has 7 nitrogen and oxygen atoms in total. The molecule has 2 aromatic carbocycles. The van der Waals surface area contributed by atoms with Gasteiger partial charge in [-0.25, -0.2) is 8.42 Å². The van der Waals surface area contributed by atoms with E-state index in [9.17, 15) is 8.42 Å². The summed E-state index contributed by atoms with van der Waals surface area (Å²) in [6.07, 6.45) is 1.57. The van der Waals surface area contributed by atoms with Crippen molar-refractivity contribution in [2.24, 2.45) is 0 Å². The lowest BCUT2D eigenvalue weighted by atomic mass is 10.2. The minimum atomic E-state index is -4.03. The fourth-order valence-electron chi connectivity index (χ4n) is 2.56. The van der Waals surface area contributed by atoms with Gasteiger partial charge < -0.3 is 18.9 Å². The van der Waals surface area contributed by atoms with Gasteiger partial charge in [0.15, 0.2) is 0 Å². The van der Waals surface area contributed by atoms with Crippen molar-refractivity contribution in [3.05, 3.63) is 53.4 Å². The lowest BCUT2D eigenvalue weighted by Gasteiger charge is -2.25. The van der Waals surface area contributed by atoms with E-state index < -0.39 is 10.0 Å². The third-order valence-corrected chi connectivity index (χ3v) is 5.14.